The molecule has 0 unspecified atom stereocenters. The van der Waals surface area contributed by atoms with E-state index in [-0.39, 0.29) is 5.91 Å². The lowest BCUT2D eigenvalue weighted by Gasteiger charge is -2.08. The Bertz CT molecular complexity index is 829. The number of anilines is 1. The Hall–Kier alpha value is -2.67. The van der Waals surface area contributed by atoms with E-state index < -0.39 is 0 Å². The summed E-state index contributed by atoms with van der Waals surface area (Å²) in [6.07, 6.45) is 3.30. The highest BCUT2D eigenvalue weighted by atomic mass is 32.2. The summed E-state index contributed by atoms with van der Waals surface area (Å²) in [6.45, 7) is 3.78. The molecule has 0 spiro atoms. The van der Waals surface area contributed by atoms with E-state index in [1.807, 2.05) is 19.9 Å². The maximum atomic E-state index is 12.5. The molecule has 0 fully saturated rings. The number of rotatable bonds is 5. The lowest BCUT2D eigenvalue weighted by Crippen LogP contribution is -2.14. The van der Waals surface area contributed by atoms with Crippen molar-refractivity contribution in [1.82, 2.24) is 15.1 Å². The first-order valence-electron chi connectivity index (χ1n) is 7.37. The van der Waals surface area contributed by atoms with Gasteiger partial charge in [0.15, 0.2) is 0 Å². The van der Waals surface area contributed by atoms with Crippen molar-refractivity contribution in [1.29, 1.82) is 0 Å². The van der Waals surface area contributed by atoms with E-state index in [4.69, 9.17) is 4.52 Å². The topological polar surface area (TPSA) is 80.9 Å². The number of nitrogens with one attached hydrogen (secondary N) is 1. The van der Waals surface area contributed by atoms with Crippen LogP contribution in [0, 0.1) is 13.8 Å². The lowest BCUT2D eigenvalue weighted by atomic mass is 10.2. The second kappa shape index (κ2) is 7.27. The predicted molar refractivity (Wildman–Crippen MR) is 92.0 cm³/mol. The van der Waals surface area contributed by atoms with E-state index in [9.17, 15) is 4.79 Å². The molecular formula is C17H16N4O2S. The highest BCUT2D eigenvalue weighted by Gasteiger charge is 2.15. The summed E-state index contributed by atoms with van der Waals surface area (Å²) in [7, 11) is 0. The number of aromatic nitrogens is 3. The number of aryl methyl sites for hydroxylation is 2. The van der Waals surface area contributed by atoms with E-state index in [1.165, 1.54) is 11.8 Å². The first-order chi connectivity index (χ1) is 11.6. The Morgan fingerprint density at radius 2 is 2.00 bits per heavy atom. The molecule has 7 heteroatoms. The quantitative estimate of drug-likeness (QED) is 0.714. The van der Waals surface area contributed by atoms with Crippen LogP contribution in [-0.2, 0) is 5.75 Å². The monoisotopic (exact) mass is 340 g/mol. The van der Waals surface area contributed by atoms with Gasteiger partial charge in [-0.3, -0.25) is 4.79 Å². The summed E-state index contributed by atoms with van der Waals surface area (Å²) in [6, 6.07) is 8.85. The molecule has 0 bridgehead atoms. The van der Waals surface area contributed by atoms with Gasteiger partial charge < -0.3 is 9.84 Å². The standard InChI is InChI=1S/C17H16N4O2S/c1-11-14(12(2)23-21-11)10-24-17-13(6-5-9-19-17)16(22)20-15-7-3-4-8-18-15/h3-9H,10H2,1-2H3,(H,18,20,22). The van der Waals surface area contributed by atoms with Gasteiger partial charge in [0, 0.05) is 23.7 Å². The fourth-order valence-electron chi connectivity index (χ4n) is 2.15. The molecule has 3 aromatic rings. The third-order valence-corrected chi connectivity index (χ3v) is 4.49. The largest absolute Gasteiger partial charge is 0.361 e. The van der Waals surface area contributed by atoms with E-state index in [0.29, 0.717) is 22.2 Å². The van der Waals surface area contributed by atoms with Crippen molar-refractivity contribution < 1.29 is 9.32 Å². The number of nitrogens with zero attached hydrogens (tertiary/aromatic N) is 3. The van der Waals surface area contributed by atoms with Gasteiger partial charge in [-0.25, -0.2) is 9.97 Å². The average molecular weight is 340 g/mol. The molecule has 122 valence electrons. The van der Waals surface area contributed by atoms with Gasteiger partial charge in [-0.05, 0) is 38.1 Å². The summed E-state index contributed by atoms with van der Waals surface area (Å²) in [4.78, 5) is 20.9. The molecule has 3 rings (SSSR count). The molecule has 3 aromatic heterocycles. The van der Waals surface area contributed by atoms with Crippen LogP contribution >= 0.6 is 11.8 Å². The first kappa shape index (κ1) is 16.2. The first-order valence-corrected chi connectivity index (χ1v) is 8.35. The summed E-state index contributed by atoms with van der Waals surface area (Å²) in [5.41, 5.74) is 2.40. The second-order valence-corrected chi connectivity index (χ2v) is 6.08. The Kier molecular flexibility index (Phi) is 4.90. The normalized spacial score (nSPS) is 10.6. The number of carbonyl (C=O) groups is 1. The van der Waals surface area contributed by atoms with Crippen LogP contribution < -0.4 is 5.32 Å². The summed E-state index contributed by atoms with van der Waals surface area (Å²) in [5, 5.41) is 7.38. The minimum atomic E-state index is -0.233. The van der Waals surface area contributed by atoms with Gasteiger partial charge >= 0.3 is 0 Å². The Balaban J connectivity index is 1.76. The third-order valence-electron chi connectivity index (χ3n) is 3.46. The predicted octanol–water partition coefficient (Wildman–Crippen LogP) is 3.63. The van der Waals surface area contributed by atoms with Crippen LogP contribution in [0.15, 0.2) is 52.3 Å². The van der Waals surface area contributed by atoms with Crippen LogP contribution in [0.3, 0.4) is 0 Å². The van der Waals surface area contributed by atoms with Gasteiger partial charge in [0.2, 0.25) is 0 Å². The van der Waals surface area contributed by atoms with Crippen molar-refractivity contribution in [2.75, 3.05) is 5.32 Å². The van der Waals surface area contributed by atoms with E-state index in [2.05, 4.69) is 20.4 Å². The lowest BCUT2D eigenvalue weighted by molar-refractivity contribution is 0.102. The van der Waals surface area contributed by atoms with Gasteiger partial charge in [-0.1, -0.05) is 11.2 Å². The fourth-order valence-corrected chi connectivity index (χ4v) is 3.29. The smallest absolute Gasteiger partial charge is 0.259 e. The number of amides is 1. The second-order valence-electron chi connectivity index (χ2n) is 5.12. The summed E-state index contributed by atoms with van der Waals surface area (Å²) < 4.78 is 5.17. The van der Waals surface area contributed by atoms with Crippen molar-refractivity contribution in [2.45, 2.75) is 24.6 Å². The molecule has 0 aliphatic heterocycles. The van der Waals surface area contributed by atoms with Gasteiger partial charge in [0.05, 0.1) is 11.3 Å². The number of hydrogen-bond acceptors (Lipinski definition) is 6. The van der Waals surface area contributed by atoms with Crippen molar-refractivity contribution in [3.63, 3.8) is 0 Å². The molecule has 6 nitrogen and oxygen atoms in total. The molecule has 3 heterocycles. The van der Waals surface area contributed by atoms with E-state index in [0.717, 1.165) is 17.0 Å². The Morgan fingerprint density at radius 3 is 2.71 bits per heavy atom. The molecule has 1 N–H and O–H groups in total. The Labute approximate surface area is 143 Å². The van der Waals surface area contributed by atoms with Crippen LogP contribution in [0.4, 0.5) is 5.82 Å². The average Bonchev–Trinajstić information content (AvgIpc) is 2.92. The molecule has 0 atom stereocenters. The van der Waals surface area contributed by atoms with Crippen molar-refractivity contribution in [3.05, 3.63) is 65.3 Å². The van der Waals surface area contributed by atoms with Crippen LogP contribution in [0.5, 0.6) is 0 Å². The molecule has 0 aliphatic carbocycles. The summed E-state index contributed by atoms with van der Waals surface area (Å²) >= 11 is 1.48. The molecular weight excluding hydrogens is 324 g/mol. The number of hydrogen-bond donors (Lipinski definition) is 1. The minimum absolute atomic E-state index is 0.233. The maximum Gasteiger partial charge on any atom is 0.259 e. The molecule has 0 aliphatic rings. The van der Waals surface area contributed by atoms with Crippen LogP contribution in [0.2, 0.25) is 0 Å². The van der Waals surface area contributed by atoms with Crippen LogP contribution in [0.25, 0.3) is 0 Å². The fraction of sp³-hybridized carbons (Fsp3) is 0.176. The molecule has 0 saturated carbocycles. The van der Waals surface area contributed by atoms with E-state index >= 15 is 0 Å². The van der Waals surface area contributed by atoms with Crippen molar-refractivity contribution in [3.8, 4) is 0 Å². The third kappa shape index (κ3) is 3.62. The SMILES string of the molecule is Cc1noc(C)c1CSc1ncccc1C(=O)Nc1ccccn1. The van der Waals surface area contributed by atoms with Crippen molar-refractivity contribution >= 4 is 23.5 Å². The number of carbonyl (C=O) groups excluding carboxylic acids is 1. The van der Waals surface area contributed by atoms with Gasteiger partial charge in [0.1, 0.15) is 16.6 Å². The maximum absolute atomic E-state index is 12.5. The number of pyridine rings is 2. The van der Waals surface area contributed by atoms with Gasteiger partial charge in [-0.15, -0.1) is 11.8 Å². The molecule has 24 heavy (non-hydrogen) atoms. The highest BCUT2D eigenvalue weighted by molar-refractivity contribution is 7.98. The molecule has 0 radical (unpaired) electrons. The summed E-state index contributed by atoms with van der Waals surface area (Å²) in [5.74, 6) is 1.70. The zero-order valence-corrected chi connectivity index (χ0v) is 14.1. The minimum Gasteiger partial charge on any atom is -0.361 e. The molecule has 0 aromatic carbocycles. The zero-order chi connectivity index (χ0) is 16.9. The highest BCUT2D eigenvalue weighted by Crippen LogP contribution is 2.27. The van der Waals surface area contributed by atoms with Gasteiger partial charge in [-0.2, -0.15) is 0 Å². The Morgan fingerprint density at radius 1 is 1.17 bits per heavy atom. The van der Waals surface area contributed by atoms with Crippen LogP contribution in [0.1, 0.15) is 27.4 Å². The van der Waals surface area contributed by atoms with E-state index in [1.54, 1.807) is 36.7 Å². The van der Waals surface area contributed by atoms with Crippen molar-refractivity contribution in [2.24, 2.45) is 0 Å². The van der Waals surface area contributed by atoms with Gasteiger partial charge in [0.25, 0.3) is 5.91 Å². The van der Waals surface area contributed by atoms with Crippen LogP contribution in [-0.4, -0.2) is 21.0 Å². The molecule has 0 saturated heterocycles. The molecule has 1 amide bonds. The zero-order valence-electron chi connectivity index (χ0n) is 13.3. The number of thioether (sulfide) groups is 1.